The van der Waals surface area contributed by atoms with Crippen LogP contribution in [-0.4, -0.2) is 0 Å². The molecule has 12 heavy (non-hydrogen) atoms. The van der Waals surface area contributed by atoms with Crippen molar-refractivity contribution in [2.24, 2.45) is 0 Å². The fourth-order valence-electron chi connectivity index (χ4n) is 1.35. The summed E-state index contributed by atoms with van der Waals surface area (Å²) in [5.41, 5.74) is 9.40. The van der Waals surface area contributed by atoms with Crippen LogP contribution in [0, 0.1) is 6.92 Å². The number of aryl methyl sites for hydroxylation is 1. The molecular weight excluding hydrogens is 146 g/mol. The molecule has 1 aromatic carbocycles. The van der Waals surface area contributed by atoms with E-state index >= 15 is 0 Å². The van der Waals surface area contributed by atoms with Crippen LogP contribution < -0.4 is 5.73 Å². The summed E-state index contributed by atoms with van der Waals surface area (Å²) in [5.74, 6) is 0.574. The second-order valence-electron chi connectivity index (χ2n) is 3.39. The lowest BCUT2D eigenvalue weighted by molar-refractivity contribution is 0.735. The third-order valence-electron chi connectivity index (χ3n) is 2.50. The monoisotopic (exact) mass is 163 g/mol. The van der Waals surface area contributed by atoms with Gasteiger partial charge in [0.15, 0.2) is 0 Å². The molecule has 0 saturated carbocycles. The highest BCUT2D eigenvalue weighted by molar-refractivity contribution is 5.54. The molecule has 0 unspecified atom stereocenters. The van der Waals surface area contributed by atoms with Gasteiger partial charge < -0.3 is 5.73 Å². The molecule has 0 bridgehead atoms. The van der Waals surface area contributed by atoms with Crippen molar-refractivity contribution >= 4 is 5.69 Å². The lowest BCUT2D eigenvalue weighted by atomic mass is 9.95. The summed E-state index contributed by atoms with van der Waals surface area (Å²) < 4.78 is 0. The summed E-state index contributed by atoms with van der Waals surface area (Å²) in [5, 5.41) is 0. The molecule has 1 atom stereocenters. The van der Waals surface area contributed by atoms with Gasteiger partial charge in [0.05, 0.1) is 0 Å². The van der Waals surface area contributed by atoms with Crippen molar-refractivity contribution in [1.82, 2.24) is 0 Å². The van der Waals surface area contributed by atoms with Gasteiger partial charge in [-0.05, 0) is 30.4 Å². The molecular formula is C11H17N. The van der Waals surface area contributed by atoms with E-state index in [1.54, 1.807) is 0 Å². The summed E-state index contributed by atoms with van der Waals surface area (Å²) in [4.78, 5) is 0. The third-order valence-corrected chi connectivity index (χ3v) is 2.50. The van der Waals surface area contributed by atoms with E-state index in [1.165, 1.54) is 11.1 Å². The summed E-state index contributed by atoms with van der Waals surface area (Å²) in [6, 6.07) is 6.25. The number of nitrogens with two attached hydrogens (primary N) is 1. The van der Waals surface area contributed by atoms with Crippen LogP contribution in [0.5, 0.6) is 0 Å². The van der Waals surface area contributed by atoms with Crippen LogP contribution in [0.1, 0.15) is 37.3 Å². The summed E-state index contributed by atoms with van der Waals surface area (Å²) >= 11 is 0. The van der Waals surface area contributed by atoms with E-state index in [0.29, 0.717) is 5.92 Å². The van der Waals surface area contributed by atoms with Gasteiger partial charge in [0.25, 0.3) is 0 Å². The Morgan fingerprint density at radius 2 is 2.08 bits per heavy atom. The minimum atomic E-state index is 0.574. The van der Waals surface area contributed by atoms with E-state index in [1.807, 2.05) is 0 Å². The Morgan fingerprint density at radius 3 is 2.67 bits per heavy atom. The highest BCUT2D eigenvalue weighted by atomic mass is 14.6. The summed E-state index contributed by atoms with van der Waals surface area (Å²) in [7, 11) is 0. The second-order valence-corrected chi connectivity index (χ2v) is 3.39. The number of hydrogen-bond donors (Lipinski definition) is 1. The SMILES string of the molecule is CC[C@@H](C)c1cccc(C)c1N. The van der Waals surface area contributed by atoms with Crippen LogP contribution in [0.2, 0.25) is 0 Å². The Morgan fingerprint density at radius 1 is 1.42 bits per heavy atom. The zero-order chi connectivity index (χ0) is 9.14. The van der Waals surface area contributed by atoms with Gasteiger partial charge in [-0.25, -0.2) is 0 Å². The van der Waals surface area contributed by atoms with E-state index in [-0.39, 0.29) is 0 Å². The van der Waals surface area contributed by atoms with Crippen LogP contribution in [-0.2, 0) is 0 Å². The van der Waals surface area contributed by atoms with Crippen LogP contribution in [0.3, 0.4) is 0 Å². The molecule has 1 rings (SSSR count). The first-order chi connectivity index (χ1) is 5.66. The largest absolute Gasteiger partial charge is 0.398 e. The van der Waals surface area contributed by atoms with Gasteiger partial charge in [-0.1, -0.05) is 32.0 Å². The number of anilines is 1. The van der Waals surface area contributed by atoms with Gasteiger partial charge in [0.2, 0.25) is 0 Å². The van der Waals surface area contributed by atoms with Gasteiger partial charge in [-0.3, -0.25) is 0 Å². The highest BCUT2D eigenvalue weighted by Crippen LogP contribution is 2.26. The van der Waals surface area contributed by atoms with Crippen molar-refractivity contribution < 1.29 is 0 Å². The lowest BCUT2D eigenvalue weighted by Gasteiger charge is -2.13. The maximum absolute atomic E-state index is 5.96. The average Bonchev–Trinajstić information content (AvgIpc) is 2.08. The molecule has 1 nitrogen and oxygen atoms in total. The highest BCUT2D eigenvalue weighted by Gasteiger charge is 2.07. The van der Waals surface area contributed by atoms with E-state index in [4.69, 9.17) is 5.73 Å². The second kappa shape index (κ2) is 3.61. The van der Waals surface area contributed by atoms with Crippen LogP contribution in [0.15, 0.2) is 18.2 Å². The van der Waals surface area contributed by atoms with Crippen molar-refractivity contribution in [3.63, 3.8) is 0 Å². The Kier molecular flexibility index (Phi) is 2.74. The van der Waals surface area contributed by atoms with Crippen molar-refractivity contribution in [1.29, 1.82) is 0 Å². The summed E-state index contributed by atoms with van der Waals surface area (Å²) in [6.07, 6.45) is 1.15. The molecule has 0 aliphatic heterocycles. The van der Waals surface area contributed by atoms with E-state index in [9.17, 15) is 0 Å². The maximum Gasteiger partial charge on any atom is 0.0379 e. The summed E-state index contributed by atoms with van der Waals surface area (Å²) in [6.45, 7) is 6.46. The zero-order valence-corrected chi connectivity index (χ0v) is 8.09. The standard InChI is InChI=1S/C11H17N/c1-4-8(2)10-7-5-6-9(3)11(10)12/h5-8H,4,12H2,1-3H3/t8-/m1/s1. The molecule has 0 spiro atoms. The molecule has 0 aliphatic rings. The van der Waals surface area contributed by atoms with E-state index < -0.39 is 0 Å². The van der Waals surface area contributed by atoms with Crippen molar-refractivity contribution in [3.8, 4) is 0 Å². The number of nitrogen functional groups attached to an aromatic ring is 1. The Bertz CT molecular complexity index is 266. The molecule has 0 radical (unpaired) electrons. The van der Waals surface area contributed by atoms with Crippen molar-refractivity contribution in [2.75, 3.05) is 5.73 Å². The van der Waals surface area contributed by atoms with Gasteiger partial charge in [-0.2, -0.15) is 0 Å². The van der Waals surface area contributed by atoms with Crippen LogP contribution >= 0.6 is 0 Å². The molecule has 0 heterocycles. The molecule has 0 fully saturated rings. The van der Waals surface area contributed by atoms with E-state index in [2.05, 4.69) is 39.0 Å². The Hall–Kier alpha value is -0.980. The zero-order valence-electron chi connectivity index (χ0n) is 8.09. The first-order valence-electron chi connectivity index (χ1n) is 4.51. The molecule has 0 saturated heterocycles. The minimum absolute atomic E-state index is 0.574. The predicted octanol–water partition coefficient (Wildman–Crippen LogP) is 3.09. The number of rotatable bonds is 2. The predicted molar refractivity (Wildman–Crippen MR) is 54.3 cm³/mol. The number of benzene rings is 1. The fraction of sp³-hybridized carbons (Fsp3) is 0.455. The third kappa shape index (κ3) is 1.60. The quantitative estimate of drug-likeness (QED) is 0.666. The van der Waals surface area contributed by atoms with Crippen LogP contribution in [0.4, 0.5) is 5.69 Å². The first-order valence-corrected chi connectivity index (χ1v) is 4.51. The Balaban J connectivity index is 3.07. The van der Waals surface area contributed by atoms with Gasteiger partial charge >= 0.3 is 0 Å². The molecule has 66 valence electrons. The topological polar surface area (TPSA) is 26.0 Å². The van der Waals surface area contributed by atoms with E-state index in [0.717, 1.165) is 12.1 Å². The average molecular weight is 163 g/mol. The molecule has 1 aromatic rings. The molecule has 1 heteroatoms. The van der Waals surface area contributed by atoms with Crippen molar-refractivity contribution in [3.05, 3.63) is 29.3 Å². The maximum atomic E-state index is 5.96. The normalized spacial score (nSPS) is 12.9. The lowest BCUT2D eigenvalue weighted by Crippen LogP contribution is -2.00. The molecule has 0 aromatic heterocycles. The fourth-order valence-corrected chi connectivity index (χ4v) is 1.35. The molecule has 0 amide bonds. The molecule has 2 N–H and O–H groups in total. The van der Waals surface area contributed by atoms with Gasteiger partial charge in [-0.15, -0.1) is 0 Å². The smallest absolute Gasteiger partial charge is 0.0379 e. The number of para-hydroxylation sites is 1. The van der Waals surface area contributed by atoms with Gasteiger partial charge in [0.1, 0.15) is 0 Å². The molecule has 0 aliphatic carbocycles. The van der Waals surface area contributed by atoms with Gasteiger partial charge in [0, 0.05) is 5.69 Å². The minimum Gasteiger partial charge on any atom is -0.398 e. The Labute approximate surface area is 74.6 Å². The van der Waals surface area contributed by atoms with Crippen molar-refractivity contribution in [2.45, 2.75) is 33.1 Å². The van der Waals surface area contributed by atoms with Crippen LogP contribution in [0.25, 0.3) is 0 Å². The first kappa shape index (κ1) is 9.11. The number of hydrogen-bond acceptors (Lipinski definition) is 1.